The lowest BCUT2D eigenvalue weighted by atomic mass is 9.38. The molecule has 4 fully saturated rings. The van der Waals surface area contributed by atoms with E-state index in [9.17, 15) is 28.5 Å². The molecule has 5 N–H and O–H groups in total. The van der Waals surface area contributed by atoms with Crippen LogP contribution >= 0.6 is 0 Å². The van der Waals surface area contributed by atoms with Crippen molar-refractivity contribution in [3.63, 3.8) is 0 Å². The van der Waals surface area contributed by atoms with Crippen LogP contribution in [0.15, 0.2) is 0 Å². The first kappa shape index (κ1) is 31.2. The van der Waals surface area contributed by atoms with E-state index in [2.05, 4.69) is 33.0 Å². The molecule has 0 aromatic rings. The zero-order valence-electron chi connectivity index (χ0n) is 24.8. The van der Waals surface area contributed by atoms with Crippen molar-refractivity contribution in [3.05, 3.63) is 0 Å². The van der Waals surface area contributed by atoms with E-state index in [-0.39, 0.29) is 76.7 Å². The molecule has 13 atom stereocenters. The highest BCUT2D eigenvalue weighted by Crippen LogP contribution is 2.71. The van der Waals surface area contributed by atoms with Crippen LogP contribution in [0.1, 0.15) is 92.9 Å². The van der Waals surface area contributed by atoms with Crippen LogP contribution < -0.4 is 5.32 Å². The number of aliphatic hydroxyl groups excluding tert-OH is 2. The lowest BCUT2D eigenvalue weighted by Gasteiger charge is -2.68. The number of amides is 1. The van der Waals surface area contributed by atoms with Crippen LogP contribution in [0.25, 0.3) is 0 Å². The predicted octanol–water partition coefficient (Wildman–Crippen LogP) is 3.64. The summed E-state index contributed by atoms with van der Waals surface area (Å²) in [5, 5.41) is 37.4. The van der Waals surface area contributed by atoms with E-state index in [0.29, 0.717) is 12.8 Å². The SMILES string of the molecule is CC[C@@H]1[C@@H]2C[C@H](O)CC[C@]2(C)C2C[C@H](O)[C@@]3(C)C(CC[C@@H]3[C@@H](C)C[C@H](C)C(=O)NCCS(=O)(=O)O)C2[C@]1(C)O. The van der Waals surface area contributed by atoms with Crippen LogP contribution in [-0.2, 0) is 14.9 Å². The number of hydrogen-bond acceptors (Lipinski definition) is 6. The monoisotopic (exact) mass is 571 g/mol. The molecule has 0 heterocycles. The number of fused-ring (bicyclic) bond motifs is 5. The maximum absolute atomic E-state index is 12.7. The van der Waals surface area contributed by atoms with Crippen molar-refractivity contribution in [2.24, 2.45) is 58.2 Å². The normalized spacial score (nSPS) is 47.4. The summed E-state index contributed by atoms with van der Waals surface area (Å²) in [7, 11) is -4.12. The van der Waals surface area contributed by atoms with Crippen molar-refractivity contribution in [3.8, 4) is 0 Å². The zero-order valence-corrected chi connectivity index (χ0v) is 25.6. The molecular formula is C30H53NO7S. The third kappa shape index (κ3) is 5.33. The number of carbonyl (C=O) groups is 1. The third-order valence-electron chi connectivity index (χ3n) is 12.6. The van der Waals surface area contributed by atoms with Gasteiger partial charge in [-0.05, 0) is 104 Å². The van der Waals surface area contributed by atoms with Gasteiger partial charge in [-0.15, -0.1) is 0 Å². The van der Waals surface area contributed by atoms with Crippen LogP contribution in [0.4, 0.5) is 0 Å². The Kier molecular flexibility index (Phi) is 8.66. The number of nitrogens with one attached hydrogen (secondary N) is 1. The molecule has 1 amide bonds. The highest BCUT2D eigenvalue weighted by atomic mass is 32.2. The molecule has 0 spiro atoms. The second-order valence-electron chi connectivity index (χ2n) is 14.5. The smallest absolute Gasteiger partial charge is 0.266 e. The molecular weight excluding hydrogens is 518 g/mol. The van der Waals surface area contributed by atoms with Crippen molar-refractivity contribution in [1.29, 1.82) is 0 Å². The van der Waals surface area contributed by atoms with Crippen molar-refractivity contribution in [2.75, 3.05) is 12.3 Å². The summed E-state index contributed by atoms with van der Waals surface area (Å²) in [6.07, 6.45) is 5.72. The molecule has 39 heavy (non-hydrogen) atoms. The summed E-state index contributed by atoms with van der Waals surface area (Å²) in [6, 6.07) is 0. The topological polar surface area (TPSA) is 144 Å². The average molecular weight is 572 g/mol. The first-order chi connectivity index (χ1) is 18.0. The van der Waals surface area contributed by atoms with Crippen LogP contribution in [0.5, 0.6) is 0 Å². The molecule has 0 aromatic heterocycles. The maximum atomic E-state index is 12.7. The van der Waals surface area contributed by atoms with Gasteiger partial charge in [-0.2, -0.15) is 8.42 Å². The molecule has 0 aromatic carbocycles. The minimum absolute atomic E-state index is 0.00647. The zero-order chi connectivity index (χ0) is 29.1. The molecule has 226 valence electrons. The maximum Gasteiger partial charge on any atom is 0.266 e. The lowest BCUT2D eigenvalue weighted by Crippen LogP contribution is -2.69. The van der Waals surface area contributed by atoms with Gasteiger partial charge < -0.3 is 20.6 Å². The van der Waals surface area contributed by atoms with Crippen molar-refractivity contribution in [1.82, 2.24) is 5.32 Å². The van der Waals surface area contributed by atoms with Crippen LogP contribution in [0.3, 0.4) is 0 Å². The Balaban J connectivity index is 1.55. The number of rotatable bonds is 8. The lowest BCUT2D eigenvalue weighted by molar-refractivity contribution is -0.263. The van der Waals surface area contributed by atoms with Crippen molar-refractivity contribution < 1.29 is 33.1 Å². The van der Waals surface area contributed by atoms with Crippen LogP contribution in [-0.4, -0.2) is 64.3 Å². The Morgan fingerprint density at radius 1 is 1.03 bits per heavy atom. The minimum Gasteiger partial charge on any atom is -0.393 e. The van der Waals surface area contributed by atoms with Gasteiger partial charge in [-0.25, -0.2) is 0 Å². The van der Waals surface area contributed by atoms with Gasteiger partial charge in [0, 0.05) is 12.5 Å². The molecule has 0 aliphatic heterocycles. The summed E-state index contributed by atoms with van der Waals surface area (Å²) in [5.41, 5.74) is -1.24. The van der Waals surface area contributed by atoms with E-state index < -0.39 is 27.6 Å². The molecule has 9 heteroatoms. The number of carbonyl (C=O) groups excluding carboxylic acids is 1. The average Bonchev–Trinajstić information content (AvgIpc) is 3.18. The molecule has 8 nitrogen and oxygen atoms in total. The van der Waals surface area contributed by atoms with Gasteiger partial charge in [0.05, 0.1) is 23.6 Å². The van der Waals surface area contributed by atoms with E-state index in [1.165, 1.54) is 0 Å². The molecule has 4 saturated carbocycles. The molecule has 3 unspecified atom stereocenters. The van der Waals surface area contributed by atoms with Gasteiger partial charge in [0.1, 0.15) is 0 Å². The quantitative estimate of drug-likeness (QED) is 0.280. The van der Waals surface area contributed by atoms with Gasteiger partial charge >= 0.3 is 0 Å². The fourth-order valence-corrected chi connectivity index (χ4v) is 11.1. The van der Waals surface area contributed by atoms with Crippen LogP contribution in [0, 0.1) is 58.2 Å². The van der Waals surface area contributed by atoms with E-state index in [1.54, 1.807) is 0 Å². The molecule has 0 bridgehead atoms. The largest absolute Gasteiger partial charge is 0.393 e. The summed E-state index contributed by atoms with van der Waals surface area (Å²) in [6.45, 7) is 12.7. The summed E-state index contributed by atoms with van der Waals surface area (Å²) < 4.78 is 30.9. The third-order valence-corrected chi connectivity index (χ3v) is 13.3. The summed E-state index contributed by atoms with van der Waals surface area (Å²) in [5.74, 6) is 0.159. The second-order valence-corrected chi connectivity index (χ2v) is 16.1. The first-order valence-electron chi connectivity index (χ1n) is 15.3. The summed E-state index contributed by atoms with van der Waals surface area (Å²) in [4.78, 5) is 12.7. The van der Waals surface area contributed by atoms with Crippen LogP contribution in [0.2, 0.25) is 0 Å². The van der Waals surface area contributed by atoms with E-state index in [4.69, 9.17) is 4.55 Å². The second kappa shape index (κ2) is 10.8. The van der Waals surface area contributed by atoms with Gasteiger partial charge in [-0.3, -0.25) is 9.35 Å². The van der Waals surface area contributed by atoms with Gasteiger partial charge in [0.15, 0.2) is 0 Å². The van der Waals surface area contributed by atoms with E-state index in [0.717, 1.165) is 38.5 Å². The first-order valence-corrected chi connectivity index (χ1v) is 16.9. The summed E-state index contributed by atoms with van der Waals surface area (Å²) >= 11 is 0. The Bertz CT molecular complexity index is 1020. The van der Waals surface area contributed by atoms with Gasteiger partial charge in [0.2, 0.25) is 5.91 Å². The Hall–Kier alpha value is -0.740. The Morgan fingerprint density at radius 3 is 2.31 bits per heavy atom. The Labute approximate surface area is 235 Å². The molecule has 4 aliphatic carbocycles. The highest BCUT2D eigenvalue weighted by molar-refractivity contribution is 7.85. The number of aliphatic hydroxyl groups is 3. The van der Waals surface area contributed by atoms with Gasteiger partial charge in [-0.1, -0.05) is 41.0 Å². The molecule has 0 radical (unpaired) electrons. The molecule has 0 saturated heterocycles. The van der Waals surface area contributed by atoms with Crippen molar-refractivity contribution >= 4 is 16.0 Å². The van der Waals surface area contributed by atoms with E-state index >= 15 is 0 Å². The predicted molar refractivity (Wildman–Crippen MR) is 150 cm³/mol. The molecule has 4 aliphatic rings. The van der Waals surface area contributed by atoms with Crippen molar-refractivity contribution in [2.45, 2.75) is 111 Å². The van der Waals surface area contributed by atoms with E-state index in [1.807, 2.05) is 13.8 Å². The molecule has 4 rings (SSSR count). The van der Waals surface area contributed by atoms with Gasteiger partial charge in [0.25, 0.3) is 10.1 Å². The standard InChI is InChI=1S/C30H53NO7S/c1-7-20-23-15-19(32)10-11-28(23,4)24-16-25(33)29(5)21(8-9-22(29)26(24)30(20,6)35)17(2)14-18(3)27(34)31-12-13-39(36,37)38/h17-26,32-33,35H,7-16H2,1-6H3,(H,31,34)(H,36,37,38)/t17-,18-,19+,20+,21+,22?,23-,24?,25-,26?,28-,29+,30+/m0/s1. The number of hydrogen-bond donors (Lipinski definition) is 5. The minimum atomic E-state index is -4.12. The fraction of sp³-hybridized carbons (Fsp3) is 0.967. The Morgan fingerprint density at radius 2 is 1.69 bits per heavy atom. The highest BCUT2D eigenvalue weighted by Gasteiger charge is 2.70. The fourth-order valence-electron chi connectivity index (χ4n) is 10.7.